The van der Waals surface area contributed by atoms with Gasteiger partial charge in [0.15, 0.2) is 9.84 Å². The summed E-state index contributed by atoms with van der Waals surface area (Å²) in [6, 6.07) is 5.20. The Labute approximate surface area is 226 Å². The number of anilines is 1. The van der Waals surface area contributed by atoms with E-state index in [0.29, 0.717) is 18.5 Å². The summed E-state index contributed by atoms with van der Waals surface area (Å²) >= 11 is 6.39. The van der Waals surface area contributed by atoms with Crippen molar-refractivity contribution in [3.8, 4) is 6.07 Å². The van der Waals surface area contributed by atoms with Crippen molar-refractivity contribution in [3.63, 3.8) is 0 Å². The molecule has 0 bridgehead atoms. The van der Waals surface area contributed by atoms with Crippen LogP contribution in [-0.2, 0) is 19.4 Å². The number of nitriles is 1. The van der Waals surface area contributed by atoms with E-state index >= 15 is 0 Å². The van der Waals surface area contributed by atoms with Crippen LogP contribution in [-0.4, -0.2) is 73.3 Å². The summed E-state index contributed by atoms with van der Waals surface area (Å²) in [4.78, 5) is 28.7. The highest BCUT2D eigenvalue weighted by molar-refractivity contribution is 7.92. The summed E-state index contributed by atoms with van der Waals surface area (Å²) in [6.45, 7) is 4.90. The van der Waals surface area contributed by atoms with Crippen LogP contribution >= 0.6 is 11.6 Å². The number of amides is 2. The van der Waals surface area contributed by atoms with Crippen molar-refractivity contribution in [3.05, 3.63) is 23.2 Å². The predicted molar refractivity (Wildman–Crippen MR) is 136 cm³/mol. The van der Waals surface area contributed by atoms with Gasteiger partial charge < -0.3 is 15.0 Å². The minimum atomic E-state index is -4.11. The molecule has 38 heavy (non-hydrogen) atoms. The van der Waals surface area contributed by atoms with E-state index in [0.717, 1.165) is 4.90 Å². The lowest BCUT2D eigenvalue weighted by atomic mass is 10.1. The number of piperidine rings is 1. The molecule has 9 nitrogen and oxygen atoms in total. The summed E-state index contributed by atoms with van der Waals surface area (Å²) in [5.41, 5.74) is -1.34. The lowest BCUT2D eigenvalue weighted by Gasteiger charge is -2.33. The van der Waals surface area contributed by atoms with Crippen LogP contribution in [0.15, 0.2) is 23.1 Å². The van der Waals surface area contributed by atoms with E-state index in [4.69, 9.17) is 16.3 Å². The molecule has 3 aliphatic rings. The molecule has 2 atom stereocenters. The Balaban J connectivity index is 1.56. The van der Waals surface area contributed by atoms with Gasteiger partial charge in [0.25, 0.3) is 5.92 Å². The molecule has 208 valence electrons. The maximum atomic E-state index is 13.6. The van der Waals surface area contributed by atoms with Crippen LogP contribution in [0, 0.1) is 11.3 Å². The Morgan fingerprint density at radius 1 is 1.18 bits per heavy atom. The van der Waals surface area contributed by atoms with Crippen molar-refractivity contribution in [1.29, 1.82) is 5.26 Å². The van der Waals surface area contributed by atoms with Crippen molar-refractivity contribution < 1.29 is 31.5 Å². The first kappa shape index (κ1) is 28.4. The molecule has 0 spiro atoms. The van der Waals surface area contributed by atoms with E-state index < -0.39 is 50.2 Å². The lowest BCUT2D eigenvalue weighted by molar-refractivity contribution is -0.126. The van der Waals surface area contributed by atoms with E-state index in [9.17, 15) is 32.0 Å². The second-order valence-corrected chi connectivity index (χ2v) is 13.8. The molecule has 2 saturated heterocycles. The number of carbonyl (C=O) groups is 2. The molecule has 0 aromatic heterocycles. The largest absolute Gasteiger partial charge is 0.444 e. The average Bonchev–Trinajstić information content (AvgIpc) is 3.42. The number of alkyl halides is 2. The predicted octanol–water partition coefficient (Wildman–Crippen LogP) is 3.90. The number of likely N-dealkylation sites (tertiary alicyclic amines) is 1. The smallest absolute Gasteiger partial charge is 0.411 e. The van der Waals surface area contributed by atoms with E-state index in [1.165, 1.54) is 18.2 Å². The second kappa shape index (κ2) is 9.83. The molecular weight excluding hydrogens is 542 g/mol. The van der Waals surface area contributed by atoms with Gasteiger partial charge in [-0.3, -0.25) is 9.69 Å². The maximum Gasteiger partial charge on any atom is 0.411 e. The quantitative estimate of drug-likeness (QED) is 0.568. The fourth-order valence-electron chi connectivity index (χ4n) is 4.69. The third kappa shape index (κ3) is 5.99. The molecule has 1 aromatic carbocycles. The monoisotopic (exact) mass is 572 g/mol. The Bertz CT molecular complexity index is 1260. The van der Waals surface area contributed by atoms with Crippen LogP contribution in [0.4, 0.5) is 19.3 Å². The number of benzene rings is 1. The number of sulfone groups is 1. The van der Waals surface area contributed by atoms with Gasteiger partial charge in [-0.15, -0.1) is 0 Å². The number of nitrogens with one attached hydrogen (secondary N) is 1. The van der Waals surface area contributed by atoms with Gasteiger partial charge in [0, 0.05) is 38.2 Å². The zero-order valence-electron chi connectivity index (χ0n) is 21.5. The fourth-order valence-corrected chi connectivity index (χ4v) is 6.93. The molecule has 13 heteroatoms. The molecule has 3 fully saturated rings. The van der Waals surface area contributed by atoms with Gasteiger partial charge in [-0.25, -0.2) is 22.0 Å². The van der Waals surface area contributed by atoms with Gasteiger partial charge in [0.1, 0.15) is 17.2 Å². The normalized spacial score (nSPS) is 24.4. The molecular formula is C25H31ClF2N4O5S. The van der Waals surface area contributed by atoms with Crippen LogP contribution < -0.4 is 10.2 Å². The average molecular weight is 573 g/mol. The van der Waals surface area contributed by atoms with E-state index in [2.05, 4.69) is 11.4 Å². The Morgan fingerprint density at radius 3 is 2.34 bits per heavy atom. The highest BCUT2D eigenvalue weighted by Crippen LogP contribution is 2.38. The summed E-state index contributed by atoms with van der Waals surface area (Å²) in [7, 11) is -4.11. The highest BCUT2D eigenvalue weighted by Gasteiger charge is 2.51. The van der Waals surface area contributed by atoms with Gasteiger partial charge >= 0.3 is 6.09 Å². The van der Waals surface area contributed by atoms with Gasteiger partial charge in [-0.2, -0.15) is 5.26 Å². The fraction of sp³-hybridized carbons (Fsp3) is 0.640. The molecule has 2 amide bonds. The molecule has 1 saturated carbocycles. The van der Waals surface area contributed by atoms with Crippen molar-refractivity contribution >= 4 is 39.1 Å². The topological polar surface area (TPSA) is 120 Å². The molecule has 0 radical (unpaired) electrons. The van der Waals surface area contributed by atoms with Crippen molar-refractivity contribution in [2.45, 2.75) is 86.1 Å². The van der Waals surface area contributed by atoms with Crippen molar-refractivity contribution in [2.75, 3.05) is 24.5 Å². The first-order valence-electron chi connectivity index (χ1n) is 12.4. The summed E-state index contributed by atoms with van der Waals surface area (Å²) in [5.74, 6) is -3.34. The van der Waals surface area contributed by atoms with E-state index in [1.54, 1.807) is 25.7 Å². The number of carbonyl (C=O) groups excluding carboxylic acids is 2. The van der Waals surface area contributed by atoms with Crippen LogP contribution in [0.2, 0.25) is 5.02 Å². The zero-order valence-corrected chi connectivity index (χ0v) is 23.0. The standard InChI is InChI=1S/C25H31ClF2N4O5S/c1-23(2,3)37-22(34)32-14-17(13-19(32)21(33)30-24(15-29)6-7-24)38(35,36)20-5-4-16(12-18(20)26)31-10-8-25(27,28)9-11-31/h4-5,12,17,19H,6-11,13-14H2,1-3H3,(H,30,33). The number of halogens is 3. The molecule has 2 unspecified atom stereocenters. The molecule has 1 aliphatic carbocycles. The number of hydrogen-bond donors (Lipinski definition) is 1. The molecule has 4 rings (SSSR count). The van der Waals surface area contributed by atoms with Gasteiger partial charge in [0.05, 0.1) is 21.2 Å². The van der Waals surface area contributed by atoms with Crippen molar-refractivity contribution in [1.82, 2.24) is 10.2 Å². The first-order valence-corrected chi connectivity index (χ1v) is 14.4. The lowest BCUT2D eigenvalue weighted by Crippen LogP contribution is -2.50. The van der Waals surface area contributed by atoms with E-state index in [1.807, 2.05) is 0 Å². The molecule has 2 aliphatic heterocycles. The third-order valence-corrected chi connectivity index (χ3v) is 9.65. The van der Waals surface area contributed by atoms with Gasteiger partial charge in [-0.05, 0) is 58.2 Å². The maximum absolute atomic E-state index is 13.6. The molecule has 1 N–H and O–H groups in total. The van der Waals surface area contributed by atoms with Crippen LogP contribution in [0.5, 0.6) is 0 Å². The Morgan fingerprint density at radius 2 is 1.82 bits per heavy atom. The van der Waals surface area contributed by atoms with Gasteiger partial charge in [-0.1, -0.05) is 11.6 Å². The van der Waals surface area contributed by atoms with Crippen LogP contribution in [0.3, 0.4) is 0 Å². The zero-order chi connectivity index (χ0) is 28.1. The SMILES string of the molecule is CC(C)(C)OC(=O)N1CC(S(=O)(=O)c2ccc(N3CCC(F)(F)CC3)cc2Cl)CC1C(=O)NC1(C#N)CC1. The van der Waals surface area contributed by atoms with Crippen molar-refractivity contribution in [2.24, 2.45) is 0 Å². The molecule has 2 heterocycles. The highest BCUT2D eigenvalue weighted by atomic mass is 35.5. The first-order chi connectivity index (χ1) is 17.6. The minimum Gasteiger partial charge on any atom is -0.444 e. The van der Waals surface area contributed by atoms with Crippen LogP contribution in [0.1, 0.15) is 52.9 Å². The minimum absolute atomic E-state index is 0.0713. The summed E-state index contributed by atoms with van der Waals surface area (Å²) in [6.07, 6.45) is -0.679. The number of nitrogens with zero attached hydrogens (tertiary/aromatic N) is 3. The Kier molecular flexibility index (Phi) is 7.33. The molecule has 1 aromatic rings. The van der Waals surface area contributed by atoms with Gasteiger partial charge in [0.2, 0.25) is 5.91 Å². The summed E-state index contributed by atoms with van der Waals surface area (Å²) in [5, 5.41) is 10.8. The summed E-state index contributed by atoms with van der Waals surface area (Å²) < 4.78 is 59.8. The third-order valence-electron chi connectivity index (χ3n) is 7.04. The van der Waals surface area contributed by atoms with E-state index in [-0.39, 0.29) is 48.8 Å². The Hall–Kier alpha value is -2.65. The number of ether oxygens (including phenoxy) is 1. The number of rotatable bonds is 5. The number of hydrogen-bond acceptors (Lipinski definition) is 7. The van der Waals surface area contributed by atoms with Crippen LogP contribution in [0.25, 0.3) is 0 Å². The second-order valence-electron chi connectivity index (χ2n) is 11.2.